The van der Waals surface area contributed by atoms with E-state index >= 15 is 0 Å². The second-order valence-electron chi connectivity index (χ2n) is 2.26. The van der Waals surface area contributed by atoms with Gasteiger partial charge in [-0.15, -0.1) is 0 Å². The van der Waals surface area contributed by atoms with Crippen molar-refractivity contribution < 1.29 is 4.92 Å². The van der Waals surface area contributed by atoms with Gasteiger partial charge in [0, 0.05) is 9.13 Å². The number of nitro groups is 1. The highest BCUT2D eigenvalue weighted by Crippen LogP contribution is 2.30. The van der Waals surface area contributed by atoms with E-state index in [1.807, 2.05) is 22.6 Å². The van der Waals surface area contributed by atoms with Crippen LogP contribution in [-0.4, -0.2) is 4.92 Å². The fourth-order valence-corrected chi connectivity index (χ4v) is 1.58. The predicted octanol–water partition coefficient (Wildman–Crippen LogP) is 3.16. The number of halogens is 2. The third-order valence-electron chi connectivity index (χ3n) is 1.50. The fraction of sp³-hybridized carbons (Fsp3) is 0.143. The number of benzene rings is 1. The van der Waals surface area contributed by atoms with Gasteiger partial charge in [-0.3, -0.25) is 10.1 Å². The molecule has 0 unspecified atom stereocenters. The van der Waals surface area contributed by atoms with Gasteiger partial charge < -0.3 is 0 Å². The van der Waals surface area contributed by atoms with Crippen LogP contribution in [0.4, 0.5) is 5.69 Å². The second-order valence-corrected chi connectivity index (χ2v) is 3.83. The second kappa shape index (κ2) is 3.57. The molecule has 1 rings (SSSR count). The first-order valence-electron chi connectivity index (χ1n) is 3.13. The molecule has 0 bridgehead atoms. The summed E-state index contributed by atoms with van der Waals surface area (Å²) in [7, 11) is 0. The Morgan fingerprint density at radius 2 is 2.17 bits per heavy atom. The minimum atomic E-state index is -0.459. The van der Waals surface area contributed by atoms with Crippen LogP contribution in [0.15, 0.2) is 12.1 Å². The maximum Gasteiger partial charge on any atom is 0.291 e. The van der Waals surface area contributed by atoms with Crippen LogP contribution in [0.5, 0.6) is 0 Å². The van der Waals surface area contributed by atoms with E-state index < -0.39 is 4.92 Å². The van der Waals surface area contributed by atoms with Gasteiger partial charge >= 0.3 is 0 Å². The van der Waals surface area contributed by atoms with Crippen LogP contribution in [0, 0.1) is 20.6 Å². The normalized spacial score (nSPS) is 9.92. The molecule has 0 N–H and O–H groups in total. The number of nitro benzene ring substituents is 1. The number of nitrogens with zero attached hydrogens (tertiary/aromatic N) is 1. The molecule has 64 valence electrons. The van der Waals surface area contributed by atoms with Crippen molar-refractivity contribution in [1.82, 2.24) is 0 Å². The van der Waals surface area contributed by atoms with E-state index in [-0.39, 0.29) is 10.7 Å². The molecule has 0 aromatic heterocycles. The average Bonchev–Trinajstić information content (AvgIpc) is 1.97. The molecular formula is C7H5ClINO2. The van der Waals surface area contributed by atoms with Crippen molar-refractivity contribution in [2.24, 2.45) is 0 Å². The first-order valence-corrected chi connectivity index (χ1v) is 4.58. The number of hydrogen-bond donors (Lipinski definition) is 0. The minimum Gasteiger partial charge on any atom is -0.258 e. The van der Waals surface area contributed by atoms with Crippen LogP contribution >= 0.6 is 34.2 Å². The summed E-state index contributed by atoms with van der Waals surface area (Å²) in [6, 6.07) is 3.29. The van der Waals surface area contributed by atoms with Crippen LogP contribution in [0.25, 0.3) is 0 Å². The van der Waals surface area contributed by atoms with Crippen molar-refractivity contribution in [3.05, 3.63) is 36.4 Å². The molecule has 1 aromatic rings. The molecule has 0 heterocycles. The molecular weight excluding hydrogens is 292 g/mol. The van der Waals surface area contributed by atoms with Gasteiger partial charge in [-0.25, -0.2) is 0 Å². The molecule has 0 saturated heterocycles. The van der Waals surface area contributed by atoms with Gasteiger partial charge in [0.15, 0.2) is 0 Å². The lowest BCUT2D eigenvalue weighted by Crippen LogP contribution is -1.94. The van der Waals surface area contributed by atoms with Gasteiger partial charge in [-0.05, 0) is 41.6 Å². The Labute approximate surface area is 88.0 Å². The molecule has 0 radical (unpaired) electrons. The summed E-state index contributed by atoms with van der Waals surface area (Å²) >= 11 is 7.69. The van der Waals surface area contributed by atoms with Crippen LogP contribution in [0.3, 0.4) is 0 Å². The standard InChI is InChI=1S/C7H5ClINO2/c1-4-6(9)3-2-5(8)7(4)10(11)12/h2-3H,1H3. The van der Waals surface area contributed by atoms with Crippen LogP contribution < -0.4 is 0 Å². The highest BCUT2D eigenvalue weighted by atomic mass is 127. The maximum atomic E-state index is 10.5. The Hall–Kier alpha value is -0.360. The van der Waals surface area contributed by atoms with Crippen LogP contribution in [-0.2, 0) is 0 Å². The number of rotatable bonds is 1. The molecule has 12 heavy (non-hydrogen) atoms. The molecule has 1 aromatic carbocycles. The van der Waals surface area contributed by atoms with Gasteiger partial charge in [0.05, 0.1) is 4.92 Å². The zero-order valence-electron chi connectivity index (χ0n) is 6.17. The molecule has 0 aliphatic carbocycles. The van der Waals surface area contributed by atoms with Crippen LogP contribution in [0.2, 0.25) is 5.02 Å². The first kappa shape index (κ1) is 9.73. The van der Waals surface area contributed by atoms with E-state index in [0.717, 1.165) is 3.57 Å². The molecule has 0 spiro atoms. The van der Waals surface area contributed by atoms with Crippen molar-refractivity contribution in [3.63, 3.8) is 0 Å². The van der Waals surface area contributed by atoms with E-state index in [1.165, 1.54) is 6.07 Å². The Balaban J connectivity index is 3.43. The lowest BCUT2D eigenvalue weighted by molar-refractivity contribution is -0.385. The lowest BCUT2D eigenvalue weighted by Gasteiger charge is -2.00. The highest BCUT2D eigenvalue weighted by Gasteiger charge is 2.17. The van der Waals surface area contributed by atoms with Gasteiger partial charge in [-0.1, -0.05) is 11.6 Å². The van der Waals surface area contributed by atoms with E-state index in [1.54, 1.807) is 13.0 Å². The summed E-state index contributed by atoms with van der Waals surface area (Å²) in [5, 5.41) is 10.7. The smallest absolute Gasteiger partial charge is 0.258 e. The topological polar surface area (TPSA) is 43.1 Å². The molecule has 0 aliphatic rings. The average molecular weight is 297 g/mol. The molecule has 3 nitrogen and oxygen atoms in total. The van der Waals surface area contributed by atoms with E-state index in [0.29, 0.717) is 5.56 Å². The van der Waals surface area contributed by atoms with Crippen molar-refractivity contribution in [1.29, 1.82) is 0 Å². The third-order valence-corrected chi connectivity index (χ3v) is 2.97. The molecule has 0 saturated carbocycles. The van der Waals surface area contributed by atoms with E-state index in [4.69, 9.17) is 11.6 Å². The Bertz CT molecular complexity index is 340. The van der Waals surface area contributed by atoms with Crippen molar-refractivity contribution in [2.45, 2.75) is 6.92 Å². The zero-order chi connectivity index (χ0) is 9.30. The van der Waals surface area contributed by atoms with Crippen molar-refractivity contribution in [2.75, 3.05) is 0 Å². The summed E-state index contributed by atoms with van der Waals surface area (Å²) in [6.45, 7) is 1.69. The summed E-state index contributed by atoms with van der Waals surface area (Å²) < 4.78 is 0.851. The zero-order valence-corrected chi connectivity index (χ0v) is 9.09. The van der Waals surface area contributed by atoms with Gasteiger partial charge in [0.2, 0.25) is 0 Å². The van der Waals surface area contributed by atoms with E-state index in [2.05, 4.69) is 0 Å². The van der Waals surface area contributed by atoms with Gasteiger partial charge in [0.1, 0.15) is 5.02 Å². The summed E-state index contributed by atoms with van der Waals surface area (Å²) in [5.41, 5.74) is 0.622. The van der Waals surface area contributed by atoms with E-state index in [9.17, 15) is 10.1 Å². The lowest BCUT2D eigenvalue weighted by atomic mass is 10.2. The Morgan fingerprint density at radius 1 is 1.58 bits per heavy atom. The highest BCUT2D eigenvalue weighted by molar-refractivity contribution is 14.1. The molecule has 5 heteroatoms. The molecule has 0 atom stereocenters. The first-order chi connectivity index (χ1) is 5.54. The quantitative estimate of drug-likeness (QED) is 0.454. The largest absolute Gasteiger partial charge is 0.291 e. The monoisotopic (exact) mass is 297 g/mol. The minimum absolute atomic E-state index is 0.00330. The maximum absolute atomic E-state index is 10.5. The predicted molar refractivity (Wildman–Crippen MR) is 55.6 cm³/mol. The van der Waals surface area contributed by atoms with Crippen molar-refractivity contribution in [3.8, 4) is 0 Å². The molecule has 0 aliphatic heterocycles. The van der Waals surface area contributed by atoms with Crippen molar-refractivity contribution >= 4 is 39.9 Å². The SMILES string of the molecule is Cc1c(I)ccc(Cl)c1[N+](=O)[O-]. The summed E-state index contributed by atoms with van der Waals surface area (Å²) in [5.74, 6) is 0. The summed E-state index contributed by atoms with van der Waals surface area (Å²) in [4.78, 5) is 10.1. The third kappa shape index (κ3) is 1.69. The number of hydrogen-bond acceptors (Lipinski definition) is 2. The summed E-state index contributed by atoms with van der Waals surface area (Å²) in [6.07, 6.45) is 0. The molecule has 0 fully saturated rings. The van der Waals surface area contributed by atoms with Crippen LogP contribution in [0.1, 0.15) is 5.56 Å². The fourth-order valence-electron chi connectivity index (χ4n) is 0.867. The van der Waals surface area contributed by atoms with Gasteiger partial charge in [0.25, 0.3) is 5.69 Å². The molecule has 0 amide bonds. The Kier molecular flexibility index (Phi) is 2.89. The Morgan fingerprint density at radius 3 is 2.58 bits per heavy atom. The van der Waals surface area contributed by atoms with Gasteiger partial charge in [-0.2, -0.15) is 0 Å².